The Bertz CT molecular complexity index is 289. The van der Waals surface area contributed by atoms with Gasteiger partial charge in [-0.15, -0.1) is 0 Å². The second-order valence-electron chi connectivity index (χ2n) is 3.16. The van der Waals surface area contributed by atoms with Crippen LogP contribution >= 0.6 is 15.2 Å². The maximum absolute atomic E-state index is 10.6. The summed E-state index contributed by atoms with van der Waals surface area (Å²) in [5, 5.41) is 8.37. The minimum atomic E-state index is -4.47. The van der Waals surface area contributed by atoms with Gasteiger partial charge >= 0.3 is 21.2 Å². The lowest BCUT2D eigenvalue weighted by atomic mass is 10.1. The van der Waals surface area contributed by atoms with Crippen LogP contribution < -0.4 is 0 Å². The first-order valence-corrected chi connectivity index (χ1v) is 7.40. The van der Waals surface area contributed by atoms with Crippen molar-refractivity contribution in [3.8, 4) is 0 Å². The molecule has 10 heteroatoms. The average Bonchev–Trinajstić information content (AvgIpc) is 1.73. The molecule has 0 bridgehead atoms. The zero-order valence-corrected chi connectivity index (χ0v) is 9.34. The summed E-state index contributed by atoms with van der Waals surface area (Å²) in [6, 6.07) is 0. The van der Waals surface area contributed by atoms with Gasteiger partial charge in [0.2, 0.25) is 0 Å². The number of hydrogen-bond acceptors (Lipinski definition) is 3. The fourth-order valence-electron chi connectivity index (χ4n) is 1.11. The molecular weight excluding hydrogens is 250 g/mol. The van der Waals surface area contributed by atoms with E-state index in [0.717, 1.165) is 0 Å². The van der Waals surface area contributed by atoms with E-state index in [1.54, 1.807) is 0 Å². The Labute approximate surface area is 85.3 Å². The molecule has 0 saturated carbocycles. The van der Waals surface area contributed by atoms with Crippen LogP contribution in [0.25, 0.3) is 0 Å². The predicted molar refractivity (Wildman–Crippen MR) is 49.6 cm³/mol. The molecule has 0 saturated heterocycles. The molecule has 0 spiro atoms. The third kappa shape index (κ3) is 10.1. The fourth-order valence-corrected chi connectivity index (χ4v) is 3.17. The summed E-state index contributed by atoms with van der Waals surface area (Å²) in [6.07, 6.45) is -2.37. The van der Waals surface area contributed by atoms with Gasteiger partial charge in [0.1, 0.15) is 0 Å². The molecule has 90 valence electrons. The number of carboxylic acids is 1. The predicted octanol–water partition coefficient (Wildman–Crippen LogP) is -0.567. The highest BCUT2D eigenvalue weighted by Gasteiger charge is 2.29. The van der Waals surface area contributed by atoms with Crippen molar-refractivity contribution in [1.29, 1.82) is 0 Å². The van der Waals surface area contributed by atoms with Crippen LogP contribution in [0.4, 0.5) is 0 Å². The second kappa shape index (κ2) is 5.21. The van der Waals surface area contributed by atoms with Crippen molar-refractivity contribution >= 4 is 21.2 Å². The van der Waals surface area contributed by atoms with Crippen LogP contribution in [0, 0.1) is 5.92 Å². The third-order valence-electron chi connectivity index (χ3n) is 1.46. The summed E-state index contributed by atoms with van der Waals surface area (Å²) in [7, 11) is -8.94. The Hall–Kier alpha value is -0.230. The van der Waals surface area contributed by atoms with Crippen molar-refractivity contribution in [3.05, 3.63) is 0 Å². The van der Waals surface area contributed by atoms with E-state index in [4.69, 9.17) is 24.7 Å². The minimum absolute atomic E-state index is 0.684. The number of aliphatic carboxylic acids is 1. The van der Waals surface area contributed by atoms with Gasteiger partial charge in [0.25, 0.3) is 0 Å². The second-order valence-corrected chi connectivity index (χ2v) is 6.55. The smallest absolute Gasteiger partial charge is 0.325 e. The largest absolute Gasteiger partial charge is 0.481 e. The first-order valence-electron chi connectivity index (χ1n) is 3.80. The van der Waals surface area contributed by atoms with E-state index in [1.807, 2.05) is 0 Å². The number of hydrogen-bond donors (Lipinski definition) is 5. The SMILES string of the molecule is O=C(O)CC(CP(=O)(O)O)CP(=O)(O)O. The van der Waals surface area contributed by atoms with Crippen LogP contribution in [0.15, 0.2) is 0 Å². The van der Waals surface area contributed by atoms with Crippen LogP contribution in [0.5, 0.6) is 0 Å². The van der Waals surface area contributed by atoms with Crippen LogP contribution in [-0.4, -0.2) is 43.0 Å². The summed E-state index contributed by atoms with van der Waals surface area (Å²) in [5.41, 5.74) is 0. The zero-order valence-electron chi connectivity index (χ0n) is 7.55. The van der Waals surface area contributed by atoms with E-state index in [1.165, 1.54) is 0 Å². The lowest BCUT2D eigenvalue weighted by Crippen LogP contribution is -2.16. The Morgan fingerprint density at radius 2 is 1.33 bits per heavy atom. The lowest BCUT2D eigenvalue weighted by Gasteiger charge is -2.15. The molecule has 15 heavy (non-hydrogen) atoms. The van der Waals surface area contributed by atoms with Crippen LogP contribution in [0.2, 0.25) is 0 Å². The van der Waals surface area contributed by atoms with Gasteiger partial charge in [-0.3, -0.25) is 13.9 Å². The Morgan fingerprint density at radius 1 is 1.00 bits per heavy atom. The van der Waals surface area contributed by atoms with Gasteiger partial charge in [0.05, 0.1) is 12.3 Å². The molecule has 0 rings (SSSR count). The Morgan fingerprint density at radius 3 is 1.53 bits per heavy atom. The van der Waals surface area contributed by atoms with Crippen molar-refractivity contribution in [2.24, 2.45) is 5.92 Å². The standard InChI is InChI=1S/C5H12O8P2/c6-5(7)1-4(2-14(8,9)10)3-15(11,12)13/h4H,1-3H2,(H,6,7)(H2,8,9,10)(H2,11,12,13). The van der Waals surface area contributed by atoms with Crippen molar-refractivity contribution < 1.29 is 38.6 Å². The van der Waals surface area contributed by atoms with E-state index in [2.05, 4.69) is 0 Å². The fraction of sp³-hybridized carbons (Fsp3) is 0.800. The molecule has 0 aliphatic rings. The molecule has 0 aromatic carbocycles. The molecule has 8 nitrogen and oxygen atoms in total. The minimum Gasteiger partial charge on any atom is -0.481 e. The molecule has 5 N–H and O–H groups in total. The van der Waals surface area contributed by atoms with E-state index >= 15 is 0 Å². The molecule has 0 unspecified atom stereocenters. The molecule has 0 aromatic heterocycles. The van der Waals surface area contributed by atoms with Gasteiger partial charge in [-0.1, -0.05) is 0 Å². The van der Waals surface area contributed by atoms with Crippen LogP contribution in [0.1, 0.15) is 6.42 Å². The van der Waals surface area contributed by atoms with Crippen molar-refractivity contribution in [2.75, 3.05) is 12.3 Å². The normalized spacial score (nSPS) is 13.1. The maximum Gasteiger partial charge on any atom is 0.325 e. The first kappa shape index (κ1) is 14.8. The summed E-state index contributed by atoms with van der Waals surface area (Å²) in [5.74, 6) is -2.59. The number of rotatable bonds is 6. The van der Waals surface area contributed by atoms with Gasteiger partial charge in [-0.05, 0) is 5.92 Å². The third-order valence-corrected chi connectivity index (χ3v) is 3.44. The molecule has 0 atom stereocenters. The van der Waals surface area contributed by atoms with E-state index in [-0.39, 0.29) is 0 Å². The average molecular weight is 262 g/mol. The molecule has 0 heterocycles. The van der Waals surface area contributed by atoms with Crippen LogP contribution in [-0.2, 0) is 13.9 Å². The summed E-state index contributed by atoms with van der Waals surface area (Å²) in [6.45, 7) is 0. The van der Waals surface area contributed by atoms with Gasteiger partial charge in [-0.25, -0.2) is 0 Å². The van der Waals surface area contributed by atoms with Gasteiger partial charge in [0, 0.05) is 6.42 Å². The first-order chi connectivity index (χ1) is 6.49. The zero-order chi connectivity index (χ0) is 12.3. The van der Waals surface area contributed by atoms with E-state index in [9.17, 15) is 13.9 Å². The van der Waals surface area contributed by atoms with Crippen molar-refractivity contribution in [3.63, 3.8) is 0 Å². The monoisotopic (exact) mass is 262 g/mol. The topological polar surface area (TPSA) is 152 Å². The van der Waals surface area contributed by atoms with Gasteiger partial charge in [0.15, 0.2) is 0 Å². The summed E-state index contributed by atoms with van der Waals surface area (Å²) < 4.78 is 21.1. The summed E-state index contributed by atoms with van der Waals surface area (Å²) in [4.78, 5) is 44.5. The van der Waals surface area contributed by atoms with Crippen LogP contribution in [0.3, 0.4) is 0 Å². The molecular formula is C5H12O8P2. The molecule has 0 radical (unpaired) electrons. The Balaban J connectivity index is 4.53. The molecule has 0 aliphatic carbocycles. The van der Waals surface area contributed by atoms with E-state index in [0.29, 0.717) is 0 Å². The highest BCUT2D eigenvalue weighted by Crippen LogP contribution is 2.44. The lowest BCUT2D eigenvalue weighted by molar-refractivity contribution is -0.137. The highest BCUT2D eigenvalue weighted by molar-refractivity contribution is 7.52. The molecule has 0 aromatic rings. The van der Waals surface area contributed by atoms with Crippen molar-refractivity contribution in [1.82, 2.24) is 0 Å². The Kier molecular flexibility index (Phi) is 5.13. The van der Waals surface area contributed by atoms with E-state index < -0.39 is 45.8 Å². The highest BCUT2D eigenvalue weighted by atomic mass is 31.2. The molecule has 0 amide bonds. The summed E-state index contributed by atoms with van der Waals surface area (Å²) >= 11 is 0. The van der Waals surface area contributed by atoms with Gasteiger partial charge < -0.3 is 24.7 Å². The maximum atomic E-state index is 10.6. The van der Waals surface area contributed by atoms with Crippen molar-refractivity contribution in [2.45, 2.75) is 6.42 Å². The molecule has 0 fully saturated rings. The molecule has 0 aliphatic heterocycles. The van der Waals surface area contributed by atoms with Gasteiger partial charge in [-0.2, -0.15) is 0 Å². The number of carboxylic acid groups (broad SMARTS) is 1. The number of carbonyl (C=O) groups is 1. The quantitative estimate of drug-likeness (QED) is 0.399.